The van der Waals surface area contributed by atoms with Gasteiger partial charge in [-0.1, -0.05) is 31.5 Å². The molecule has 2 atom stereocenters. The number of benzene rings is 1. The van der Waals surface area contributed by atoms with Gasteiger partial charge in [0.05, 0.1) is 0 Å². The fourth-order valence-electron chi connectivity index (χ4n) is 4.60. The lowest BCUT2D eigenvalue weighted by Gasteiger charge is -2.41. The molecule has 0 radical (unpaired) electrons. The minimum Gasteiger partial charge on any atom is -0.371 e. The summed E-state index contributed by atoms with van der Waals surface area (Å²) in [5, 5.41) is 0. The van der Waals surface area contributed by atoms with Crippen LogP contribution in [-0.4, -0.2) is 37.6 Å². The number of hydrogen-bond donors (Lipinski definition) is 0. The maximum atomic E-state index is 2.72. The van der Waals surface area contributed by atoms with E-state index in [1.54, 1.807) is 16.8 Å². The fraction of sp³-hybridized carbons (Fsp3) is 0.667. The number of rotatable bonds is 3. The van der Waals surface area contributed by atoms with Gasteiger partial charge in [0.2, 0.25) is 0 Å². The van der Waals surface area contributed by atoms with Gasteiger partial charge in [-0.25, -0.2) is 0 Å². The van der Waals surface area contributed by atoms with Crippen molar-refractivity contribution in [3.8, 4) is 0 Å². The van der Waals surface area contributed by atoms with Gasteiger partial charge in [0.25, 0.3) is 0 Å². The van der Waals surface area contributed by atoms with Crippen LogP contribution in [0.4, 0.5) is 5.69 Å². The van der Waals surface area contributed by atoms with Gasteiger partial charge in [-0.05, 0) is 42.9 Å². The van der Waals surface area contributed by atoms with Crippen LogP contribution in [0.2, 0.25) is 0 Å². The van der Waals surface area contributed by atoms with Crippen molar-refractivity contribution >= 4 is 5.69 Å². The Bertz CT molecular complexity index is 496. The Morgan fingerprint density at radius 3 is 3.05 bits per heavy atom. The summed E-state index contributed by atoms with van der Waals surface area (Å²) >= 11 is 0. The standard InChI is InChI=1S/C18H26N2/c1-2-3-9-19-11-15-12-20-10-5-7-14-6-4-8-16(18(14)20)17(15)13-19/h4,6,8,15,17H,2-3,5,7,9-13H2,1H3/t15-,17-/m1/s1. The predicted octanol–water partition coefficient (Wildman–Crippen LogP) is 3.27. The van der Waals surface area contributed by atoms with E-state index in [1.807, 2.05) is 0 Å². The van der Waals surface area contributed by atoms with E-state index in [4.69, 9.17) is 0 Å². The van der Waals surface area contributed by atoms with Gasteiger partial charge in [0.15, 0.2) is 0 Å². The van der Waals surface area contributed by atoms with Crippen LogP contribution in [0.3, 0.4) is 0 Å². The lowest BCUT2D eigenvalue weighted by molar-refractivity contribution is 0.318. The highest BCUT2D eigenvalue weighted by Gasteiger charge is 2.41. The number of unbranched alkanes of at least 4 members (excludes halogenated alkanes) is 1. The van der Waals surface area contributed by atoms with Crippen LogP contribution in [0, 0.1) is 5.92 Å². The molecule has 1 aromatic carbocycles. The summed E-state index contributed by atoms with van der Waals surface area (Å²) in [7, 11) is 0. The molecule has 1 saturated heterocycles. The smallest absolute Gasteiger partial charge is 0.0434 e. The molecule has 3 aliphatic rings. The molecule has 4 rings (SSSR count). The van der Waals surface area contributed by atoms with E-state index < -0.39 is 0 Å². The van der Waals surface area contributed by atoms with Crippen molar-refractivity contribution < 1.29 is 0 Å². The molecule has 0 aromatic heterocycles. The third-order valence-corrected chi connectivity index (χ3v) is 5.54. The topological polar surface area (TPSA) is 6.48 Å². The number of hydrogen-bond acceptors (Lipinski definition) is 2. The van der Waals surface area contributed by atoms with Crippen LogP contribution in [0.5, 0.6) is 0 Å². The van der Waals surface area contributed by atoms with Crippen LogP contribution in [0.15, 0.2) is 18.2 Å². The molecule has 0 N–H and O–H groups in total. The largest absolute Gasteiger partial charge is 0.371 e. The van der Waals surface area contributed by atoms with Gasteiger partial charge in [0, 0.05) is 37.8 Å². The second-order valence-corrected chi connectivity index (χ2v) is 6.88. The monoisotopic (exact) mass is 270 g/mol. The second-order valence-electron chi connectivity index (χ2n) is 6.88. The zero-order valence-electron chi connectivity index (χ0n) is 12.6. The lowest BCUT2D eigenvalue weighted by atomic mass is 9.80. The first-order chi connectivity index (χ1) is 9.86. The molecule has 2 nitrogen and oxygen atoms in total. The molecule has 3 heterocycles. The van der Waals surface area contributed by atoms with Crippen molar-refractivity contribution in [2.75, 3.05) is 37.6 Å². The molecular weight excluding hydrogens is 244 g/mol. The molecule has 1 fully saturated rings. The first-order valence-electron chi connectivity index (χ1n) is 8.46. The highest BCUT2D eigenvalue weighted by atomic mass is 15.2. The second kappa shape index (κ2) is 5.07. The number of nitrogens with zero attached hydrogens (tertiary/aromatic N) is 2. The summed E-state index contributed by atoms with van der Waals surface area (Å²) in [4.78, 5) is 5.41. The van der Waals surface area contributed by atoms with Crippen molar-refractivity contribution in [1.29, 1.82) is 0 Å². The van der Waals surface area contributed by atoms with Gasteiger partial charge < -0.3 is 9.80 Å². The van der Waals surface area contributed by atoms with Crippen LogP contribution < -0.4 is 4.90 Å². The summed E-state index contributed by atoms with van der Waals surface area (Å²) in [5.74, 6) is 1.67. The average molecular weight is 270 g/mol. The van der Waals surface area contributed by atoms with E-state index in [0.29, 0.717) is 0 Å². The fourth-order valence-corrected chi connectivity index (χ4v) is 4.60. The minimum atomic E-state index is 0.802. The molecule has 0 saturated carbocycles. The van der Waals surface area contributed by atoms with E-state index in [1.165, 1.54) is 58.4 Å². The molecular formula is C18H26N2. The van der Waals surface area contributed by atoms with Gasteiger partial charge in [-0.3, -0.25) is 0 Å². The zero-order valence-corrected chi connectivity index (χ0v) is 12.6. The summed E-state index contributed by atoms with van der Waals surface area (Å²) in [6, 6.07) is 7.07. The molecule has 0 unspecified atom stereocenters. The van der Waals surface area contributed by atoms with E-state index in [-0.39, 0.29) is 0 Å². The molecule has 1 aromatic rings. The van der Waals surface area contributed by atoms with Crippen molar-refractivity contribution in [3.05, 3.63) is 29.3 Å². The maximum absolute atomic E-state index is 2.72. The number of anilines is 1. The van der Waals surface area contributed by atoms with Crippen molar-refractivity contribution in [1.82, 2.24) is 4.90 Å². The average Bonchev–Trinajstić information content (AvgIpc) is 2.89. The van der Waals surface area contributed by atoms with Crippen molar-refractivity contribution in [2.24, 2.45) is 5.92 Å². The number of fused-ring (bicyclic) bond motifs is 2. The Morgan fingerprint density at radius 2 is 2.15 bits per heavy atom. The minimum absolute atomic E-state index is 0.802. The Hall–Kier alpha value is -1.02. The summed E-state index contributed by atoms with van der Waals surface area (Å²) in [5.41, 5.74) is 4.90. The molecule has 108 valence electrons. The SMILES string of the molecule is CCCCN1C[C@@H]2CN3CCCc4cccc(c43)[C@@H]2C1. The van der Waals surface area contributed by atoms with Gasteiger partial charge in [-0.2, -0.15) is 0 Å². The maximum Gasteiger partial charge on any atom is 0.0434 e. The van der Waals surface area contributed by atoms with Crippen molar-refractivity contribution in [3.63, 3.8) is 0 Å². The van der Waals surface area contributed by atoms with Crippen LogP contribution in [-0.2, 0) is 6.42 Å². The van der Waals surface area contributed by atoms with E-state index in [9.17, 15) is 0 Å². The normalized spacial score (nSPS) is 28.4. The van der Waals surface area contributed by atoms with Gasteiger partial charge >= 0.3 is 0 Å². The Labute approximate surface area is 122 Å². The number of aryl methyl sites for hydroxylation is 1. The Kier molecular flexibility index (Phi) is 3.22. The number of para-hydroxylation sites is 1. The van der Waals surface area contributed by atoms with Crippen LogP contribution in [0.25, 0.3) is 0 Å². The molecule has 3 aliphatic heterocycles. The zero-order chi connectivity index (χ0) is 13.5. The quantitative estimate of drug-likeness (QED) is 0.832. The summed E-state index contributed by atoms with van der Waals surface area (Å²) < 4.78 is 0. The van der Waals surface area contributed by atoms with Gasteiger partial charge in [-0.15, -0.1) is 0 Å². The first kappa shape index (κ1) is 12.7. The van der Waals surface area contributed by atoms with Crippen LogP contribution >= 0.6 is 0 Å². The van der Waals surface area contributed by atoms with E-state index in [2.05, 4.69) is 34.9 Å². The molecule has 0 aliphatic carbocycles. The van der Waals surface area contributed by atoms with Crippen LogP contribution in [0.1, 0.15) is 43.2 Å². The summed E-state index contributed by atoms with van der Waals surface area (Å²) in [6.45, 7) is 8.81. The Balaban J connectivity index is 1.64. The summed E-state index contributed by atoms with van der Waals surface area (Å²) in [6.07, 6.45) is 5.30. The predicted molar refractivity (Wildman–Crippen MR) is 84.6 cm³/mol. The molecule has 0 spiro atoms. The third kappa shape index (κ3) is 1.96. The molecule has 0 amide bonds. The highest BCUT2D eigenvalue weighted by molar-refractivity contribution is 5.64. The van der Waals surface area contributed by atoms with Crippen molar-refractivity contribution in [2.45, 2.75) is 38.5 Å². The molecule has 0 bridgehead atoms. The van der Waals surface area contributed by atoms with Gasteiger partial charge in [0.1, 0.15) is 0 Å². The lowest BCUT2D eigenvalue weighted by Crippen LogP contribution is -2.40. The van der Waals surface area contributed by atoms with E-state index in [0.717, 1.165) is 11.8 Å². The highest BCUT2D eigenvalue weighted by Crippen LogP contribution is 2.45. The first-order valence-corrected chi connectivity index (χ1v) is 8.46. The number of likely N-dealkylation sites (tertiary alicyclic amines) is 1. The third-order valence-electron chi connectivity index (χ3n) is 5.54. The van der Waals surface area contributed by atoms with E-state index >= 15 is 0 Å². The molecule has 2 heteroatoms. The Morgan fingerprint density at radius 1 is 1.20 bits per heavy atom. The molecule has 20 heavy (non-hydrogen) atoms.